The van der Waals surface area contributed by atoms with E-state index in [0.717, 1.165) is 73.3 Å². The van der Waals surface area contributed by atoms with Crippen LogP contribution in [0.5, 0.6) is 0 Å². The maximum atomic E-state index is 12.3. The number of aromatic nitrogens is 3. The first-order valence-electron chi connectivity index (χ1n) is 11.6. The van der Waals surface area contributed by atoms with Crippen LogP contribution in [-0.2, 0) is 22.6 Å². The third-order valence-electron chi connectivity index (χ3n) is 6.39. The van der Waals surface area contributed by atoms with Crippen molar-refractivity contribution in [2.24, 2.45) is 0 Å². The average Bonchev–Trinajstić information content (AvgIpc) is 3.36. The van der Waals surface area contributed by atoms with Gasteiger partial charge < -0.3 is 25.3 Å². The number of amides is 1. The number of hydrogen-bond donors (Lipinski definition) is 2. The Hall–Kier alpha value is -2.71. The number of imidazole rings is 1. The van der Waals surface area contributed by atoms with Crippen LogP contribution >= 0.6 is 0 Å². The molecule has 1 aliphatic heterocycles. The highest BCUT2D eigenvalue weighted by Gasteiger charge is 2.31. The van der Waals surface area contributed by atoms with Gasteiger partial charge in [0.1, 0.15) is 11.3 Å². The molecule has 0 bridgehead atoms. The number of fused-ring (bicyclic) bond motifs is 3. The van der Waals surface area contributed by atoms with Gasteiger partial charge in [-0.2, -0.15) is 0 Å². The van der Waals surface area contributed by atoms with E-state index in [1.807, 2.05) is 23.1 Å². The summed E-state index contributed by atoms with van der Waals surface area (Å²) in [6.45, 7) is 9.63. The number of nitrogens with one attached hydrogen (secondary N) is 1. The van der Waals surface area contributed by atoms with Gasteiger partial charge in [0.15, 0.2) is 5.82 Å². The molecule has 2 atom stereocenters. The van der Waals surface area contributed by atoms with Gasteiger partial charge in [-0.25, -0.2) is 9.97 Å². The first-order valence-corrected chi connectivity index (χ1v) is 11.6. The Morgan fingerprint density at radius 3 is 2.84 bits per heavy atom. The molecule has 8 heteroatoms. The quantitative estimate of drug-likeness (QED) is 0.498. The van der Waals surface area contributed by atoms with Crippen molar-refractivity contribution in [1.29, 1.82) is 0 Å². The molecule has 1 amide bonds. The SMILES string of the molecule is CCNCc1nc2c(N)nc3ccccc3c2n1CCCCN(C(C)=O)C1CCOC1C. The van der Waals surface area contributed by atoms with E-state index in [0.29, 0.717) is 12.4 Å². The van der Waals surface area contributed by atoms with E-state index < -0.39 is 0 Å². The second-order valence-electron chi connectivity index (χ2n) is 8.52. The van der Waals surface area contributed by atoms with Crippen molar-refractivity contribution >= 4 is 33.7 Å². The Morgan fingerprint density at radius 1 is 1.31 bits per heavy atom. The number of nitrogens with zero attached hydrogens (tertiary/aromatic N) is 4. The molecule has 4 rings (SSSR count). The van der Waals surface area contributed by atoms with Crippen molar-refractivity contribution in [1.82, 2.24) is 24.8 Å². The molecule has 3 N–H and O–H groups in total. The van der Waals surface area contributed by atoms with Crippen LogP contribution in [0.2, 0.25) is 0 Å². The molecule has 1 aromatic carbocycles. The number of hydrogen-bond acceptors (Lipinski definition) is 6. The topological polar surface area (TPSA) is 98.3 Å². The molecular weight excluding hydrogens is 404 g/mol. The van der Waals surface area contributed by atoms with E-state index in [2.05, 4.69) is 34.8 Å². The summed E-state index contributed by atoms with van der Waals surface area (Å²) < 4.78 is 7.96. The predicted molar refractivity (Wildman–Crippen MR) is 127 cm³/mol. The van der Waals surface area contributed by atoms with E-state index in [1.54, 1.807) is 6.92 Å². The van der Waals surface area contributed by atoms with E-state index in [1.165, 1.54) is 0 Å². The Labute approximate surface area is 189 Å². The molecule has 0 radical (unpaired) electrons. The highest BCUT2D eigenvalue weighted by Crippen LogP contribution is 2.29. The van der Waals surface area contributed by atoms with Crippen LogP contribution in [0.15, 0.2) is 24.3 Å². The molecule has 0 aliphatic carbocycles. The van der Waals surface area contributed by atoms with Crippen molar-refractivity contribution < 1.29 is 9.53 Å². The molecular formula is C24H34N6O2. The molecule has 8 nitrogen and oxygen atoms in total. The molecule has 1 aliphatic rings. The maximum absolute atomic E-state index is 12.3. The number of benzene rings is 1. The largest absolute Gasteiger partial charge is 0.382 e. The lowest BCUT2D eigenvalue weighted by atomic mass is 10.1. The van der Waals surface area contributed by atoms with E-state index in [-0.39, 0.29) is 18.1 Å². The normalized spacial score (nSPS) is 18.6. The molecule has 32 heavy (non-hydrogen) atoms. The molecule has 172 valence electrons. The van der Waals surface area contributed by atoms with Gasteiger partial charge in [0.2, 0.25) is 5.91 Å². The van der Waals surface area contributed by atoms with Crippen molar-refractivity contribution in [3.05, 3.63) is 30.1 Å². The minimum Gasteiger partial charge on any atom is -0.382 e. The van der Waals surface area contributed by atoms with Gasteiger partial charge in [0, 0.05) is 32.0 Å². The Morgan fingerprint density at radius 2 is 2.12 bits per heavy atom. The summed E-state index contributed by atoms with van der Waals surface area (Å²) >= 11 is 0. The fraction of sp³-hybridized carbons (Fsp3) is 0.542. The lowest BCUT2D eigenvalue weighted by Crippen LogP contribution is -2.43. The van der Waals surface area contributed by atoms with Crippen molar-refractivity contribution in [3.8, 4) is 0 Å². The molecule has 2 unspecified atom stereocenters. The molecule has 0 saturated carbocycles. The minimum atomic E-state index is 0.102. The van der Waals surface area contributed by atoms with Gasteiger partial charge >= 0.3 is 0 Å². The van der Waals surface area contributed by atoms with Crippen molar-refractivity contribution in [2.45, 2.75) is 65.3 Å². The van der Waals surface area contributed by atoms with Crippen LogP contribution in [-0.4, -0.2) is 57.2 Å². The maximum Gasteiger partial charge on any atom is 0.219 e. The van der Waals surface area contributed by atoms with Crippen molar-refractivity contribution in [3.63, 3.8) is 0 Å². The van der Waals surface area contributed by atoms with E-state index >= 15 is 0 Å². The van der Waals surface area contributed by atoms with Gasteiger partial charge in [0.05, 0.1) is 29.7 Å². The lowest BCUT2D eigenvalue weighted by Gasteiger charge is -2.30. The van der Waals surface area contributed by atoms with E-state index in [9.17, 15) is 4.79 Å². The number of anilines is 1. The van der Waals surface area contributed by atoms with Crippen LogP contribution in [0.3, 0.4) is 0 Å². The smallest absolute Gasteiger partial charge is 0.219 e. The number of ether oxygens (including phenoxy) is 1. The summed E-state index contributed by atoms with van der Waals surface area (Å²) in [5.74, 6) is 1.55. The van der Waals surface area contributed by atoms with Crippen LogP contribution < -0.4 is 11.1 Å². The predicted octanol–water partition coefficient (Wildman–Crippen LogP) is 3.08. The second-order valence-corrected chi connectivity index (χ2v) is 8.52. The number of carbonyl (C=O) groups is 1. The zero-order valence-corrected chi connectivity index (χ0v) is 19.3. The molecule has 3 heterocycles. The van der Waals surface area contributed by atoms with Crippen LogP contribution in [0.4, 0.5) is 5.82 Å². The zero-order valence-electron chi connectivity index (χ0n) is 19.3. The summed E-state index contributed by atoms with van der Waals surface area (Å²) in [6, 6.07) is 8.25. The van der Waals surface area contributed by atoms with Gasteiger partial charge in [-0.1, -0.05) is 25.1 Å². The third-order valence-corrected chi connectivity index (χ3v) is 6.39. The Balaban J connectivity index is 1.56. The van der Waals surface area contributed by atoms with E-state index in [4.69, 9.17) is 15.5 Å². The lowest BCUT2D eigenvalue weighted by molar-refractivity contribution is -0.132. The third kappa shape index (κ3) is 4.42. The summed E-state index contributed by atoms with van der Waals surface area (Å²) in [5, 5.41) is 4.45. The number of para-hydroxylation sites is 1. The summed E-state index contributed by atoms with van der Waals surface area (Å²) in [6.07, 6.45) is 2.87. The van der Waals surface area contributed by atoms with Crippen LogP contribution in [0.1, 0.15) is 45.9 Å². The number of rotatable bonds is 9. The minimum absolute atomic E-state index is 0.102. The fourth-order valence-electron chi connectivity index (χ4n) is 4.76. The first-order chi connectivity index (χ1) is 15.5. The molecule has 1 fully saturated rings. The Bertz CT molecular complexity index is 1090. The summed E-state index contributed by atoms with van der Waals surface area (Å²) in [4.78, 5) is 23.6. The van der Waals surface area contributed by atoms with Crippen LogP contribution in [0.25, 0.3) is 21.9 Å². The average molecular weight is 439 g/mol. The summed E-state index contributed by atoms with van der Waals surface area (Å²) in [5.41, 5.74) is 8.97. The monoisotopic (exact) mass is 438 g/mol. The van der Waals surface area contributed by atoms with Gasteiger partial charge in [-0.15, -0.1) is 0 Å². The number of unbranched alkanes of at least 4 members (excludes halogenated alkanes) is 1. The highest BCUT2D eigenvalue weighted by molar-refractivity contribution is 6.06. The van der Waals surface area contributed by atoms with Gasteiger partial charge in [0.25, 0.3) is 0 Å². The zero-order chi connectivity index (χ0) is 22.7. The number of nitrogens with two attached hydrogens (primary N) is 1. The fourth-order valence-corrected chi connectivity index (χ4v) is 4.76. The second kappa shape index (κ2) is 9.83. The number of nitrogen functional groups attached to an aromatic ring is 1. The molecule has 3 aromatic rings. The first kappa shape index (κ1) is 22.5. The van der Waals surface area contributed by atoms with Gasteiger partial charge in [-0.3, -0.25) is 4.79 Å². The highest BCUT2D eigenvalue weighted by atomic mass is 16.5. The standard InChI is InChI=1S/C24H34N6O2/c1-4-26-15-21-28-22-23(18-9-5-6-10-19(18)27-24(22)25)30(21)13-8-7-12-29(17(3)31)20-11-14-32-16(20)2/h5-6,9-10,16,20,26H,4,7-8,11-15H2,1-3H3,(H2,25,27). The number of carbonyl (C=O) groups excluding carboxylic acids is 1. The number of pyridine rings is 1. The van der Waals surface area contributed by atoms with Gasteiger partial charge in [-0.05, 0) is 38.8 Å². The van der Waals surface area contributed by atoms with Crippen molar-refractivity contribution in [2.75, 3.05) is 25.4 Å². The Kier molecular flexibility index (Phi) is 6.91. The molecule has 0 spiro atoms. The molecule has 2 aromatic heterocycles. The summed E-state index contributed by atoms with van der Waals surface area (Å²) in [7, 11) is 0. The van der Waals surface area contributed by atoms with Crippen LogP contribution in [0, 0.1) is 0 Å². The number of aryl methyl sites for hydroxylation is 1. The molecule has 1 saturated heterocycles.